The molecule has 2 aromatic carbocycles. The molecule has 3 saturated heterocycles. The summed E-state index contributed by atoms with van der Waals surface area (Å²) in [6.07, 6.45) is 5.62. The third-order valence-corrected chi connectivity index (χ3v) is 12.5. The number of fused-ring (bicyclic) bond motifs is 2. The van der Waals surface area contributed by atoms with Crippen LogP contribution in [0.5, 0.6) is 11.5 Å². The summed E-state index contributed by atoms with van der Waals surface area (Å²) in [6.45, 7) is 4.84. The first kappa shape index (κ1) is 37.2. The Bertz CT molecular complexity index is 2200. The maximum absolute atomic E-state index is 13.5. The van der Waals surface area contributed by atoms with Gasteiger partial charge in [0.15, 0.2) is 0 Å². The third-order valence-electron chi connectivity index (χ3n) is 12.5. The van der Waals surface area contributed by atoms with Crippen LogP contribution in [0.4, 0.5) is 10.5 Å². The van der Waals surface area contributed by atoms with Gasteiger partial charge in [-0.1, -0.05) is 0 Å². The predicted octanol–water partition coefficient (Wildman–Crippen LogP) is 2.66. The van der Waals surface area contributed by atoms with Crippen LogP contribution in [0.1, 0.15) is 69.5 Å². The van der Waals surface area contributed by atoms with Crippen LogP contribution in [0.15, 0.2) is 41.3 Å². The molecule has 5 aliphatic heterocycles. The fourth-order valence-electron chi connectivity index (χ4n) is 9.30. The molecule has 15 nitrogen and oxygen atoms in total. The largest absolute Gasteiger partial charge is 0.496 e. The fraction of sp³-hybridized carbons (Fsp3) is 0.463. The van der Waals surface area contributed by atoms with E-state index in [9.17, 15) is 28.8 Å². The molecule has 0 bridgehead atoms. The van der Waals surface area contributed by atoms with E-state index in [0.717, 1.165) is 78.3 Å². The monoisotopic (exact) mass is 765 g/mol. The smallest absolute Gasteiger partial charge is 0.317 e. The number of aromatic nitrogens is 1. The number of benzene rings is 2. The summed E-state index contributed by atoms with van der Waals surface area (Å²) in [5, 5.41) is 4.91. The molecular formula is C41H47N7O8. The van der Waals surface area contributed by atoms with Gasteiger partial charge in [0.1, 0.15) is 17.5 Å². The zero-order chi connectivity index (χ0) is 39.5. The Balaban J connectivity index is 0.951. The van der Waals surface area contributed by atoms with Gasteiger partial charge in [0.2, 0.25) is 11.8 Å². The standard InChI is InChI=1S/C41H47N7O8/c1-42-40(54)46-13-9-26-29(20-44(2)37(51)30(26)22-46)24-17-33(55-3)31(34(18-24)56-4)21-45-14-10-41(11-15-45)12-16-47(23-41)25-5-6-27-28(19-25)39(53)48(38(27)52)32-7-8-35(49)43-36(32)50/h5-6,17-20,32H,7-16,21-23H2,1-4H3,(H,42,54)(H,43,49,50). The highest BCUT2D eigenvalue weighted by Gasteiger charge is 2.46. The van der Waals surface area contributed by atoms with Crippen LogP contribution in [-0.2, 0) is 36.1 Å². The van der Waals surface area contributed by atoms with Crippen molar-refractivity contribution < 1.29 is 33.4 Å². The van der Waals surface area contributed by atoms with Crippen molar-refractivity contribution in [2.75, 3.05) is 58.9 Å². The van der Waals surface area contributed by atoms with E-state index in [1.54, 1.807) is 49.9 Å². The van der Waals surface area contributed by atoms with Crippen molar-refractivity contribution in [3.05, 3.63) is 74.7 Å². The summed E-state index contributed by atoms with van der Waals surface area (Å²) in [5.74, 6) is -0.597. The second kappa shape index (κ2) is 14.4. The molecule has 8 rings (SSSR count). The second-order valence-corrected chi connectivity index (χ2v) is 15.6. The minimum absolute atomic E-state index is 0.0813. The summed E-state index contributed by atoms with van der Waals surface area (Å²) >= 11 is 0. The number of nitrogens with one attached hydrogen (secondary N) is 2. The van der Waals surface area contributed by atoms with Crippen molar-refractivity contribution in [1.82, 2.24) is 29.9 Å². The number of hydrogen-bond acceptors (Lipinski definition) is 10. The first-order valence-corrected chi connectivity index (χ1v) is 19.2. The zero-order valence-corrected chi connectivity index (χ0v) is 32.2. The van der Waals surface area contributed by atoms with Gasteiger partial charge in [-0.25, -0.2) is 4.79 Å². The summed E-state index contributed by atoms with van der Waals surface area (Å²) in [4.78, 5) is 83.8. The highest BCUT2D eigenvalue weighted by molar-refractivity contribution is 6.23. The van der Waals surface area contributed by atoms with Crippen molar-refractivity contribution in [1.29, 1.82) is 0 Å². The number of carbonyl (C=O) groups is 5. The van der Waals surface area contributed by atoms with Crippen molar-refractivity contribution in [3.8, 4) is 22.6 Å². The molecule has 1 aromatic heterocycles. The summed E-state index contributed by atoms with van der Waals surface area (Å²) in [5.41, 5.74) is 5.77. The van der Waals surface area contributed by atoms with Crippen LogP contribution in [0.2, 0.25) is 0 Å². The third kappa shape index (κ3) is 6.36. The maximum Gasteiger partial charge on any atom is 0.317 e. The normalized spacial score (nSPS) is 20.6. The Morgan fingerprint density at radius 3 is 2.25 bits per heavy atom. The lowest BCUT2D eigenvalue weighted by molar-refractivity contribution is -0.136. The summed E-state index contributed by atoms with van der Waals surface area (Å²) < 4.78 is 13.5. The van der Waals surface area contributed by atoms with Gasteiger partial charge >= 0.3 is 6.03 Å². The number of urea groups is 1. The van der Waals surface area contributed by atoms with Gasteiger partial charge in [-0.3, -0.25) is 39.1 Å². The Morgan fingerprint density at radius 1 is 0.875 bits per heavy atom. The van der Waals surface area contributed by atoms with Gasteiger partial charge < -0.3 is 29.2 Å². The number of likely N-dealkylation sites (tertiary alicyclic amines) is 1. The number of rotatable bonds is 7. The van der Waals surface area contributed by atoms with E-state index >= 15 is 0 Å². The molecule has 56 heavy (non-hydrogen) atoms. The molecule has 294 valence electrons. The SMILES string of the molecule is CNC(=O)N1CCc2c(-c3cc(OC)c(CN4CCC5(CC4)CCN(c4ccc6c(c4)C(=O)N(C4CCC(=O)NC4=O)C6=O)C5)c(OC)c3)cn(C)c(=O)c2C1. The molecule has 1 unspecified atom stereocenters. The first-order chi connectivity index (χ1) is 26.9. The maximum atomic E-state index is 13.5. The summed E-state index contributed by atoms with van der Waals surface area (Å²) in [6, 6.07) is 8.19. The number of carbonyl (C=O) groups excluding carboxylic acids is 5. The molecule has 6 amide bonds. The molecule has 6 heterocycles. The van der Waals surface area contributed by atoms with E-state index in [1.807, 2.05) is 24.4 Å². The molecule has 0 saturated carbocycles. The molecule has 0 radical (unpaired) electrons. The minimum Gasteiger partial charge on any atom is -0.496 e. The Labute approximate surface area is 324 Å². The number of anilines is 1. The molecule has 0 aliphatic carbocycles. The van der Waals surface area contributed by atoms with E-state index in [0.29, 0.717) is 42.1 Å². The van der Waals surface area contributed by atoms with E-state index in [-0.39, 0.29) is 42.0 Å². The number of methoxy groups -OCH3 is 2. The van der Waals surface area contributed by atoms with Crippen LogP contribution < -0.4 is 30.6 Å². The molecule has 3 aromatic rings. The second-order valence-electron chi connectivity index (χ2n) is 15.6. The van der Waals surface area contributed by atoms with Gasteiger partial charge in [0, 0.05) is 69.7 Å². The minimum atomic E-state index is -0.989. The lowest BCUT2D eigenvalue weighted by Crippen LogP contribution is -2.54. The number of imide groups is 2. The Hall–Kier alpha value is -5.70. The van der Waals surface area contributed by atoms with Crippen LogP contribution in [0.3, 0.4) is 0 Å². The van der Waals surface area contributed by atoms with Crippen molar-refractivity contribution in [2.45, 2.75) is 57.7 Å². The van der Waals surface area contributed by atoms with E-state index in [2.05, 4.69) is 20.4 Å². The van der Waals surface area contributed by atoms with Crippen molar-refractivity contribution >= 4 is 35.3 Å². The van der Waals surface area contributed by atoms with Crippen LogP contribution in [0, 0.1) is 5.41 Å². The van der Waals surface area contributed by atoms with Gasteiger partial charge in [-0.2, -0.15) is 0 Å². The van der Waals surface area contributed by atoms with Gasteiger partial charge in [0.05, 0.1) is 37.5 Å². The lowest BCUT2D eigenvalue weighted by Gasteiger charge is -2.39. The predicted molar refractivity (Wildman–Crippen MR) is 206 cm³/mol. The number of hydrogen-bond donors (Lipinski definition) is 2. The van der Waals surface area contributed by atoms with Crippen LogP contribution >= 0.6 is 0 Å². The zero-order valence-electron chi connectivity index (χ0n) is 32.2. The molecule has 1 atom stereocenters. The average molecular weight is 766 g/mol. The first-order valence-electron chi connectivity index (χ1n) is 19.2. The summed E-state index contributed by atoms with van der Waals surface area (Å²) in [7, 11) is 6.64. The van der Waals surface area contributed by atoms with Crippen molar-refractivity contribution in [2.24, 2.45) is 12.5 Å². The molecule has 2 N–H and O–H groups in total. The van der Waals surface area contributed by atoms with E-state index < -0.39 is 29.7 Å². The average Bonchev–Trinajstić information content (AvgIpc) is 3.73. The molecule has 3 fully saturated rings. The van der Waals surface area contributed by atoms with E-state index in [4.69, 9.17) is 9.47 Å². The number of pyridine rings is 1. The number of aryl methyl sites for hydroxylation is 1. The Kier molecular flexibility index (Phi) is 9.59. The fourth-order valence-corrected chi connectivity index (χ4v) is 9.30. The van der Waals surface area contributed by atoms with Gasteiger partial charge in [0.25, 0.3) is 17.4 Å². The number of piperidine rings is 2. The number of nitrogens with zero attached hydrogens (tertiary/aromatic N) is 5. The molecular weight excluding hydrogens is 718 g/mol. The quantitative estimate of drug-likeness (QED) is 0.342. The van der Waals surface area contributed by atoms with Crippen LogP contribution in [-0.4, -0.2) is 109 Å². The van der Waals surface area contributed by atoms with Gasteiger partial charge in [-0.15, -0.1) is 0 Å². The van der Waals surface area contributed by atoms with Crippen molar-refractivity contribution in [3.63, 3.8) is 0 Å². The lowest BCUT2D eigenvalue weighted by atomic mass is 9.77. The Morgan fingerprint density at radius 2 is 1.57 bits per heavy atom. The molecule has 5 aliphatic rings. The topological polar surface area (TPSA) is 163 Å². The van der Waals surface area contributed by atoms with Crippen LogP contribution in [0.25, 0.3) is 11.1 Å². The molecule has 15 heteroatoms. The highest BCUT2D eigenvalue weighted by atomic mass is 16.5. The van der Waals surface area contributed by atoms with E-state index in [1.165, 1.54) is 0 Å². The van der Waals surface area contributed by atoms with Gasteiger partial charge in [-0.05, 0) is 92.1 Å². The molecule has 1 spiro atoms. The highest BCUT2D eigenvalue weighted by Crippen LogP contribution is 2.44. The number of ether oxygens (including phenoxy) is 2. The number of amides is 6.